The molecule has 0 aromatic carbocycles. The summed E-state index contributed by atoms with van der Waals surface area (Å²) in [6, 6.07) is 0. The van der Waals surface area contributed by atoms with Crippen molar-refractivity contribution in [2.45, 2.75) is 74.6 Å². The number of nitrogens with one attached hydrogen (secondary N) is 2. The van der Waals surface area contributed by atoms with Gasteiger partial charge in [0.1, 0.15) is 30.8 Å². The van der Waals surface area contributed by atoms with E-state index in [4.69, 9.17) is 51.2 Å². The van der Waals surface area contributed by atoms with Gasteiger partial charge in [-0.1, -0.05) is 4.98 Å². The lowest BCUT2D eigenvalue weighted by Gasteiger charge is -2.10. The Kier molecular flexibility index (Phi) is 14.3. The Balaban J connectivity index is 0.000000287. The summed E-state index contributed by atoms with van der Waals surface area (Å²) in [7, 11) is 0. The van der Waals surface area contributed by atoms with E-state index in [2.05, 4.69) is 15.3 Å². The lowest BCUT2D eigenvalue weighted by Crippen LogP contribution is -3.00. The van der Waals surface area contributed by atoms with Crippen LogP contribution in [0, 0.1) is 0 Å². The number of aliphatic hydroxyl groups is 6. The number of hydrogen-bond donors (Lipinski definition) is 10. The van der Waals surface area contributed by atoms with E-state index < -0.39 is 61.0 Å². The molecule has 0 aliphatic carbocycles. The minimum Gasteiger partial charge on any atom is -1.00 e. The van der Waals surface area contributed by atoms with E-state index in [0.717, 1.165) is 0 Å². The minimum atomic E-state index is -0.792. The molecular formula is C19H35ClN6O11. The number of anilines is 1. The van der Waals surface area contributed by atoms with Crippen molar-refractivity contribution in [1.29, 1.82) is 0 Å². The topological polar surface area (TPSA) is 280 Å². The standard InChI is InChI=1S/C8H12N4O4.C6H11NO4.C5H11NO3.ClH/c9-7-10-3-12(8(15)11-7)6-1-4(14)5(2-13)16-6;8-2-5-4(10)1-6(11-5)7-3-9;6-5-1-3(8)4(2-7)9-5;/h3-6,13-14H,1-2H2,(H2,9,11,15);3-6,8,10H,1-2H2,(H,7,9);3-5,7-8H,1-2,6H2;1H/t2*4?,5-,6-;3?,4-,5-;/m111./s1. The molecule has 214 valence electrons. The van der Waals surface area contributed by atoms with Crippen molar-refractivity contribution < 1.29 is 66.6 Å². The summed E-state index contributed by atoms with van der Waals surface area (Å²) in [4.78, 5) is 27.5. The van der Waals surface area contributed by atoms with Crippen LogP contribution in [0.4, 0.5) is 5.95 Å². The fourth-order valence-corrected chi connectivity index (χ4v) is 3.64. The number of amides is 1. The molecule has 3 fully saturated rings. The van der Waals surface area contributed by atoms with Gasteiger partial charge >= 0.3 is 11.6 Å². The van der Waals surface area contributed by atoms with Gasteiger partial charge in [-0.05, 0) is 0 Å². The highest BCUT2D eigenvalue weighted by molar-refractivity contribution is 5.46. The number of aromatic nitrogens is 3. The fraction of sp³-hybridized carbons (Fsp3) is 0.789. The second-order valence-electron chi connectivity index (χ2n) is 8.21. The number of rotatable bonds is 6. The van der Waals surface area contributed by atoms with Gasteiger partial charge in [-0.2, -0.15) is 9.55 Å². The molecule has 4 rings (SSSR count). The molecule has 1 aromatic heterocycles. The Morgan fingerprint density at radius 3 is 1.97 bits per heavy atom. The summed E-state index contributed by atoms with van der Waals surface area (Å²) in [6.07, 6.45) is -2.54. The predicted octanol–water partition coefficient (Wildman–Crippen LogP) is -9.10. The Hall–Kier alpha value is -2.03. The third kappa shape index (κ3) is 9.65. The van der Waals surface area contributed by atoms with Crippen molar-refractivity contribution in [3.05, 3.63) is 16.8 Å². The van der Waals surface area contributed by atoms with Gasteiger partial charge < -0.3 is 74.0 Å². The van der Waals surface area contributed by atoms with Crippen molar-refractivity contribution in [2.75, 3.05) is 25.6 Å². The second-order valence-corrected chi connectivity index (χ2v) is 8.21. The van der Waals surface area contributed by atoms with E-state index >= 15 is 0 Å². The Labute approximate surface area is 217 Å². The molecule has 3 aliphatic rings. The molecular weight excluding hydrogens is 524 g/mol. The molecule has 9 atom stereocenters. The van der Waals surface area contributed by atoms with Crippen LogP contribution in [0.3, 0.4) is 0 Å². The number of aliphatic hydroxyl groups excluding tert-OH is 6. The fourth-order valence-electron chi connectivity index (χ4n) is 3.64. The van der Waals surface area contributed by atoms with Gasteiger partial charge in [-0.25, -0.2) is 4.79 Å². The zero-order valence-electron chi connectivity index (χ0n) is 19.7. The second kappa shape index (κ2) is 16.0. The maximum atomic E-state index is 11.5. The number of ether oxygens (including phenoxy) is 3. The van der Waals surface area contributed by atoms with Crippen LogP contribution < -0.4 is 39.4 Å². The van der Waals surface area contributed by atoms with E-state index in [1.54, 1.807) is 0 Å². The zero-order valence-corrected chi connectivity index (χ0v) is 20.5. The average molecular weight is 559 g/mol. The Morgan fingerprint density at radius 2 is 1.54 bits per heavy atom. The lowest BCUT2D eigenvalue weighted by molar-refractivity contribution is -0.776. The van der Waals surface area contributed by atoms with Crippen LogP contribution in [0.2, 0.25) is 0 Å². The molecule has 0 saturated carbocycles. The molecule has 3 unspecified atom stereocenters. The number of carbonyl (C=O) groups excluding carboxylic acids is 1. The molecule has 3 saturated heterocycles. The van der Waals surface area contributed by atoms with Crippen LogP contribution >= 0.6 is 0 Å². The molecule has 12 N–H and O–H groups in total. The van der Waals surface area contributed by atoms with Gasteiger partial charge in [0.15, 0.2) is 6.23 Å². The largest absolute Gasteiger partial charge is 1.00 e. The Morgan fingerprint density at radius 1 is 1.00 bits per heavy atom. The summed E-state index contributed by atoms with van der Waals surface area (Å²) in [5.74, 6) is 0.0125. The van der Waals surface area contributed by atoms with Crippen molar-refractivity contribution in [3.8, 4) is 0 Å². The normalized spacial score (nSPS) is 34.4. The van der Waals surface area contributed by atoms with E-state index in [0.29, 0.717) is 19.3 Å². The summed E-state index contributed by atoms with van der Waals surface area (Å²) in [5, 5.41) is 56.0. The highest BCUT2D eigenvalue weighted by atomic mass is 35.5. The monoisotopic (exact) mass is 558 g/mol. The smallest absolute Gasteiger partial charge is 0.446 e. The van der Waals surface area contributed by atoms with Crippen LogP contribution in [0.5, 0.6) is 0 Å². The van der Waals surface area contributed by atoms with Gasteiger partial charge in [0.25, 0.3) is 0 Å². The average Bonchev–Trinajstić information content (AvgIpc) is 3.49. The number of H-pyrrole nitrogens is 1. The number of hydrogen-bond acceptors (Lipinski definition) is 14. The number of nitrogens with two attached hydrogens (primary N) is 2. The summed E-state index contributed by atoms with van der Waals surface area (Å²) in [5.41, 5.74) is 10.1. The summed E-state index contributed by atoms with van der Waals surface area (Å²) < 4.78 is 16.4. The van der Waals surface area contributed by atoms with E-state index in [1.165, 1.54) is 10.9 Å². The first kappa shape index (κ1) is 33.0. The number of aromatic amines is 1. The Bertz CT molecular complexity index is 870. The van der Waals surface area contributed by atoms with Gasteiger partial charge in [0.05, 0.1) is 38.1 Å². The molecule has 0 bridgehead atoms. The molecule has 1 aromatic rings. The molecule has 0 spiro atoms. The third-order valence-corrected chi connectivity index (χ3v) is 5.58. The van der Waals surface area contributed by atoms with E-state index in [-0.39, 0.29) is 44.6 Å². The highest BCUT2D eigenvalue weighted by Crippen LogP contribution is 2.23. The third-order valence-electron chi connectivity index (χ3n) is 5.58. The van der Waals surface area contributed by atoms with Crippen molar-refractivity contribution in [2.24, 2.45) is 5.73 Å². The van der Waals surface area contributed by atoms with Crippen LogP contribution in [-0.4, -0.2) is 116 Å². The molecule has 1 amide bonds. The van der Waals surface area contributed by atoms with Crippen LogP contribution in [0.1, 0.15) is 25.5 Å². The van der Waals surface area contributed by atoms with Crippen LogP contribution in [-0.2, 0) is 19.0 Å². The molecule has 0 radical (unpaired) electrons. The summed E-state index contributed by atoms with van der Waals surface area (Å²) in [6.45, 7) is -0.675. The zero-order chi connectivity index (χ0) is 26.8. The first-order valence-electron chi connectivity index (χ1n) is 11.2. The maximum Gasteiger partial charge on any atom is 0.446 e. The minimum absolute atomic E-state index is 0. The molecule has 37 heavy (non-hydrogen) atoms. The van der Waals surface area contributed by atoms with Crippen LogP contribution in [0.25, 0.3) is 0 Å². The van der Waals surface area contributed by atoms with Crippen molar-refractivity contribution >= 4 is 12.4 Å². The van der Waals surface area contributed by atoms with Gasteiger partial charge in [-0.3, -0.25) is 4.79 Å². The van der Waals surface area contributed by atoms with E-state index in [1.807, 2.05) is 0 Å². The van der Waals surface area contributed by atoms with Crippen LogP contribution in [0.15, 0.2) is 11.1 Å². The van der Waals surface area contributed by atoms with Gasteiger partial charge in [0.2, 0.25) is 12.7 Å². The molecule has 18 heteroatoms. The number of halogens is 1. The van der Waals surface area contributed by atoms with Gasteiger partial charge in [-0.15, -0.1) is 0 Å². The SMILES string of the molecule is N[C@H]1CC(O)[C@@H](CO)O1.Nc1nc[n+]([C@H]2CC(O)[C@@H](CO)O2)c(=O)[nH]1.O=CN[C@H]1CC(O)[C@@H](CO)O1.[Cl-]. The number of carbonyl (C=O) groups is 1. The number of nitrogen functional groups attached to an aromatic ring is 1. The van der Waals surface area contributed by atoms with Crippen molar-refractivity contribution in [3.63, 3.8) is 0 Å². The van der Waals surface area contributed by atoms with Gasteiger partial charge in [0, 0.05) is 19.3 Å². The lowest BCUT2D eigenvalue weighted by atomic mass is 10.2. The molecule has 4 heterocycles. The summed E-state index contributed by atoms with van der Waals surface area (Å²) >= 11 is 0. The first-order valence-corrected chi connectivity index (χ1v) is 11.2. The highest BCUT2D eigenvalue weighted by Gasteiger charge is 2.37. The number of nitrogens with zero attached hydrogens (tertiary/aromatic N) is 2. The van der Waals surface area contributed by atoms with Crippen molar-refractivity contribution in [1.82, 2.24) is 15.3 Å². The molecule has 3 aliphatic heterocycles. The maximum absolute atomic E-state index is 11.5. The van der Waals surface area contributed by atoms with E-state index in [9.17, 15) is 14.7 Å². The quantitative estimate of drug-likeness (QED) is 0.115. The molecule has 17 nitrogen and oxygen atoms in total. The first-order chi connectivity index (χ1) is 17.1. The predicted molar refractivity (Wildman–Crippen MR) is 117 cm³/mol.